The molecule has 170 valence electrons. The highest BCUT2D eigenvalue weighted by Crippen LogP contribution is 2.39. The Bertz CT molecular complexity index is 1440. The standard InChI is InChI=1S/C27H21ClFN3O2/c1-16-10-12-17(13-11-16)22-15-23(32(31-22)27(33)19-7-3-4-8-21(19)29)20-14-18-6-5-9-24(34-2)25(18)30-26(20)28/h3-14,23H,15H2,1-2H3/t23-/m0/s1. The molecule has 3 aromatic carbocycles. The lowest BCUT2D eigenvalue weighted by Crippen LogP contribution is -2.28. The number of ether oxygens (including phenoxy) is 1. The summed E-state index contributed by atoms with van der Waals surface area (Å²) in [5.41, 5.74) is 3.95. The predicted octanol–water partition coefficient (Wildman–Crippen LogP) is 6.34. The molecule has 5 rings (SSSR count). The second-order valence-corrected chi connectivity index (χ2v) is 8.52. The van der Waals surface area contributed by atoms with Gasteiger partial charge in [-0.25, -0.2) is 14.4 Å². The fourth-order valence-corrected chi connectivity index (χ4v) is 4.45. The third kappa shape index (κ3) is 3.90. The van der Waals surface area contributed by atoms with Gasteiger partial charge in [0.15, 0.2) is 0 Å². The number of aromatic nitrogens is 1. The van der Waals surface area contributed by atoms with Crippen molar-refractivity contribution in [1.82, 2.24) is 9.99 Å². The summed E-state index contributed by atoms with van der Waals surface area (Å²) in [6.45, 7) is 2.01. The number of para-hydroxylation sites is 1. The van der Waals surface area contributed by atoms with Crippen LogP contribution in [0.5, 0.6) is 5.75 Å². The van der Waals surface area contributed by atoms with E-state index in [2.05, 4.69) is 10.1 Å². The molecular weight excluding hydrogens is 453 g/mol. The van der Waals surface area contributed by atoms with E-state index in [1.165, 1.54) is 17.1 Å². The molecule has 1 aromatic heterocycles. The summed E-state index contributed by atoms with van der Waals surface area (Å²) in [5, 5.41) is 7.03. The Morgan fingerprint density at radius 3 is 2.59 bits per heavy atom. The Balaban J connectivity index is 1.62. The minimum absolute atomic E-state index is 0.0482. The summed E-state index contributed by atoms with van der Waals surface area (Å²) in [7, 11) is 1.58. The van der Waals surface area contributed by atoms with Crippen LogP contribution in [0.2, 0.25) is 5.15 Å². The Morgan fingerprint density at radius 2 is 1.85 bits per heavy atom. The number of hydrogen-bond acceptors (Lipinski definition) is 4. The van der Waals surface area contributed by atoms with Crippen molar-refractivity contribution >= 4 is 34.1 Å². The summed E-state index contributed by atoms with van der Waals surface area (Å²) < 4.78 is 19.9. The topological polar surface area (TPSA) is 54.8 Å². The fraction of sp³-hybridized carbons (Fsp3) is 0.148. The number of pyridine rings is 1. The van der Waals surface area contributed by atoms with Crippen molar-refractivity contribution in [2.24, 2.45) is 5.10 Å². The lowest BCUT2D eigenvalue weighted by molar-refractivity contribution is 0.0706. The minimum Gasteiger partial charge on any atom is -0.494 e. The molecule has 0 N–H and O–H groups in total. The summed E-state index contributed by atoms with van der Waals surface area (Å²) >= 11 is 6.64. The van der Waals surface area contributed by atoms with Crippen LogP contribution in [0.3, 0.4) is 0 Å². The molecule has 1 atom stereocenters. The molecule has 4 aromatic rings. The first kappa shape index (κ1) is 22.0. The SMILES string of the molecule is COc1cccc2cc([C@@H]3CC(c4ccc(C)cc4)=NN3C(=O)c3ccccc3F)c(Cl)nc12. The van der Waals surface area contributed by atoms with Crippen LogP contribution in [0.15, 0.2) is 77.9 Å². The molecular formula is C27H21ClFN3O2. The molecule has 0 bridgehead atoms. The van der Waals surface area contributed by atoms with E-state index in [0.29, 0.717) is 23.3 Å². The molecule has 0 spiro atoms. The van der Waals surface area contributed by atoms with E-state index in [-0.39, 0.29) is 10.7 Å². The zero-order chi connectivity index (χ0) is 23.8. The fourth-order valence-electron chi connectivity index (χ4n) is 4.18. The summed E-state index contributed by atoms with van der Waals surface area (Å²) in [4.78, 5) is 18.0. The largest absolute Gasteiger partial charge is 0.494 e. The van der Waals surface area contributed by atoms with Crippen molar-refractivity contribution in [3.63, 3.8) is 0 Å². The Hall–Kier alpha value is -3.77. The van der Waals surface area contributed by atoms with Crippen LogP contribution in [0, 0.1) is 12.7 Å². The maximum atomic E-state index is 14.5. The van der Waals surface area contributed by atoms with Gasteiger partial charge in [0.2, 0.25) is 0 Å². The molecule has 0 radical (unpaired) electrons. The second-order valence-electron chi connectivity index (χ2n) is 8.16. The molecule has 0 aliphatic carbocycles. The predicted molar refractivity (Wildman–Crippen MR) is 131 cm³/mol. The monoisotopic (exact) mass is 473 g/mol. The summed E-state index contributed by atoms with van der Waals surface area (Å²) in [6, 6.07) is 20.8. The van der Waals surface area contributed by atoms with Gasteiger partial charge in [0, 0.05) is 17.4 Å². The van der Waals surface area contributed by atoms with Crippen LogP contribution in [-0.4, -0.2) is 28.7 Å². The van der Waals surface area contributed by atoms with Gasteiger partial charge >= 0.3 is 0 Å². The highest BCUT2D eigenvalue weighted by atomic mass is 35.5. The molecule has 1 aliphatic heterocycles. The molecule has 0 unspecified atom stereocenters. The second kappa shape index (κ2) is 8.88. The van der Waals surface area contributed by atoms with Gasteiger partial charge in [-0.05, 0) is 36.8 Å². The first-order chi connectivity index (χ1) is 16.5. The zero-order valence-electron chi connectivity index (χ0n) is 18.6. The highest BCUT2D eigenvalue weighted by molar-refractivity contribution is 6.30. The Labute approximate surface area is 201 Å². The zero-order valence-corrected chi connectivity index (χ0v) is 19.4. The molecule has 2 heterocycles. The van der Waals surface area contributed by atoms with Crippen molar-refractivity contribution in [3.8, 4) is 5.75 Å². The number of halogens is 2. The number of amides is 1. The molecule has 0 saturated carbocycles. The Kier molecular flexibility index (Phi) is 5.75. The number of rotatable bonds is 4. The molecule has 0 saturated heterocycles. The van der Waals surface area contributed by atoms with E-state index in [4.69, 9.17) is 16.3 Å². The van der Waals surface area contributed by atoms with Crippen molar-refractivity contribution in [2.75, 3.05) is 7.11 Å². The normalized spacial score (nSPS) is 15.5. The van der Waals surface area contributed by atoms with E-state index in [0.717, 1.165) is 22.2 Å². The smallest absolute Gasteiger partial charge is 0.277 e. The van der Waals surface area contributed by atoms with E-state index < -0.39 is 17.8 Å². The molecule has 0 fully saturated rings. The average molecular weight is 474 g/mol. The van der Waals surface area contributed by atoms with Crippen LogP contribution in [0.4, 0.5) is 4.39 Å². The van der Waals surface area contributed by atoms with Crippen molar-refractivity contribution in [1.29, 1.82) is 0 Å². The number of carbonyl (C=O) groups is 1. The van der Waals surface area contributed by atoms with Crippen molar-refractivity contribution in [3.05, 3.63) is 106 Å². The maximum Gasteiger partial charge on any atom is 0.277 e. The van der Waals surface area contributed by atoms with E-state index in [9.17, 15) is 9.18 Å². The molecule has 1 amide bonds. The van der Waals surface area contributed by atoms with Crippen LogP contribution < -0.4 is 4.74 Å². The summed E-state index contributed by atoms with van der Waals surface area (Å²) in [6.07, 6.45) is 0.417. The number of nitrogens with zero attached hydrogens (tertiary/aromatic N) is 3. The van der Waals surface area contributed by atoms with Crippen LogP contribution in [-0.2, 0) is 0 Å². The van der Waals surface area contributed by atoms with Gasteiger partial charge in [-0.2, -0.15) is 5.10 Å². The van der Waals surface area contributed by atoms with Crippen LogP contribution in [0.25, 0.3) is 10.9 Å². The molecule has 5 nitrogen and oxygen atoms in total. The lowest BCUT2D eigenvalue weighted by Gasteiger charge is -2.23. The van der Waals surface area contributed by atoms with Crippen molar-refractivity contribution < 1.29 is 13.9 Å². The lowest BCUT2D eigenvalue weighted by atomic mass is 9.97. The van der Waals surface area contributed by atoms with Crippen LogP contribution in [0.1, 0.15) is 39.5 Å². The van der Waals surface area contributed by atoms with Gasteiger partial charge in [0.05, 0.1) is 24.4 Å². The number of fused-ring (bicyclic) bond motifs is 1. The third-order valence-corrected chi connectivity index (χ3v) is 6.28. The van der Waals surface area contributed by atoms with Gasteiger partial charge in [-0.15, -0.1) is 0 Å². The number of carbonyl (C=O) groups excluding carboxylic acids is 1. The molecule has 34 heavy (non-hydrogen) atoms. The molecule has 1 aliphatic rings. The first-order valence-electron chi connectivity index (χ1n) is 10.8. The van der Waals surface area contributed by atoms with Gasteiger partial charge < -0.3 is 4.74 Å². The highest BCUT2D eigenvalue weighted by Gasteiger charge is 2.36. The number of aryl methyl sites for hydroxylation is 1. The van der Waals surface area contributed by atoms with E-state index in [1.807, 2.05) is 55.5 Å². The van der Waals surface area contributed by atoms with Gasteiger partial charge in [-0.3, -0.25) is 4.79 Å². The van der Waals surface area contributed by atoms with E-state index in [1.54, 1.807) is 19.2 Å². The van der Waals surface area contributed by atoms with Crippen molar-refractivity contribution in [2.45, 2.75) is 19.4 Å². The van der Waals surface area contributed by atoms with Crippen LogP contribution >= 0.6 is 11.6 Å². The quantitative estimate of drug-likeness (QED) is 0.325. The number of hydrogen-bond donors (Lipinski definition) is 0. The summed E-state index contributed by atoms with van der Waals surface area (Å²) in [5.74, 6) is -0.530. The first-order valence-corrected chi connectivity index (χ1v) is 11.2. The third-order valence-electron chi connectivity index (χ3n) is 5.98. The Morgan fingerprint density at radius 1 is 1.09 bits per heavy atom. The minimum atomic E-state index is -0.599. The van der Waals surface area contributed by atoms with Gasteiger partial charge in [0.1, 0.15) is 22.2 Å². The van der Waals surface area contributed by atoms with E-state index >= 15 is 0 Å². The molecule has 7 heteroatoms. The number of methoxy groups -OCH3 is 1. The van der Waals surface area contributed by atoms with Gasteiger partial charge in [0.25, 0.3) is 5.91 Å². The number of hydrazone groups is 1. The maximum absolute atomic E-state index is 14.5. The number of benzene rings is 3. The van der Waals surface area contributed by atoms with Gasteiger partial charge in [-0.1, -0.05) is 65.7 Å². The average Bonchev–Trinajstić information content (AvgIpc) is 3.29.